The van der Waals surface area contributed by atoms with E-state index in [0.717, 1.165) is 28.0 Å². The normalized spacial score (nSPS) is 11.8. The molecule has 0 fully saturated rings. The molecule has 1 N–H and O–H groups in total. The standard InChI is InChI=1S/C25H25N3O3S/c1-17(2)32(30,31)22-12-6-19(7-13-22)15-24(29)26-21-10-8-20(9-11-21)23-16-28-14-4-5-18(3)25(28)27-23/h4-14,16-17H,15H2,1-3H3,(H,26,29). The van der Waals surface area contributed by atoms with E-state index in [2.05, 4.69) is 5.32 Å². The van der Waals surface area contributed by atoms with Crippen LogP contribution >= 0.6 is 0 Å². The lowest BCUT2D eigenvalue weighted by Crippen LogP contribution is -2.15. The van der Waals surface area contributed by atoms with Crippen LogP contribution in [0.1, 0.15) is 25.0 Å². The largest absolute Gasteiger partial charge is 0.326 e. The zero-order chi connectivity index (χ0) is 22.9. The van der Waals surface area contributed by atoms with Gasteiger partial charge < -0.3 is 9.72 Å². The number of aryl methyl sites for hydroxylation is 1. The van der Waals surface area contributed by atoms with Crippen LogP contribution in [-0.4, -0.2) is 29.0 Å². The third kappa shape index (κ3) is 4.43. The van der Waals surface area contributed by atoms with Gasteiger partial charge in [0.15, 0.2) is 9.84 Å². The van der Waals surface area contributed by atoms with Gasteiger partial charge in [0, 0.05) is 23.6 Å². The SMILES string of the molecule is Cc1cccn2cc(-c3ccc(NC(=O)Cc4ccc(S(=O)(=O)C(C)C)cc4)cc3)nc12. The molecule has 0 radical (unpaired) electrons. The molecule has 164 valence electrons. The van der Waals surface area contributed by atoms with Gasteiger partial charge in [-0.15, -0.1) is 0 Å². The van der Waals surface area contributed by atoms with E-state index >= 15 is 0 Å². The summed E-state index contributed by atoms with van der Waals surface area (Å²) >= 11 is 0. The number of sulfone groups is 1. The van der Waals surface area contributed by atoms with Crippen molar-refractivity contribution >= 4 is 27.1 Å². The van der Waals surface area contributed by atoms with Crippen molar-refractivity contribution in [1.29, 1.82) is 0 Å². The molecule has 0 aliphatic heterocycles. The van der Waals surface area contributed by atoms with Crippen LogP contribution in [0.5, 0.6) is 0 Å². The van der Waals surface area contributed by atoms with E-state index in [1.54, 1.807) is 38.1 Å². The lowest BCUT2D eigenvalue weighted by molar-refractivity contribution is -0.115. The van der Waals surface area contributed by atoms with E-state index < -0.39 is 15.1 Å². The molecule has 32 heavy (non-hydrogen) atoms. The van der Waals surface area contributed by atoms with Gasteiger partial charge in [0.1, 0.15) is 5.65 Å². The molecule has 6 nitrogen and oxygen atoms in total. The van der Waals surface area contributed by atoms with Crippen molar-refractivity contribution in [3.63, 3.8) is 0 Å². The predicted octanol–water partition coefficient (Wildman–Crippen LogP) is 4.67. The summed E-state index contributed by atoms with van der Waals surface area (Å²) in [5.74, 6) is -0.166. The number of benzene rings is 2. The molecule has 0 aliphatic rings. The first-order chi connectivity index (χ1) is 15.2. The van der Waals surface area contributed by atoms with Crippen molar-refractivity contribution in [1.82, 2.24) is 9.38 Å². The van der Waals surface area contributed by atoms with E-state index in [-0.39, 0.29) is 17.2 Å². The van der Waals surface area contributed by atoms with Gasteiger partial charge in [-0.25, -0.2) is 13.4 Å². The lowest BCUT2D eigenvalue weighted by Gasteiger charge is -2.09. The monoisotopic (exact) mass is 447 g/mol. The number of carbonyl (C=O) groups excluding carboxylic acids is 1. The molecule has 2 aromatic heterocycles. The topological polar surface area (TPSA) is 80.5 Å². The highest BCUT2D eigenvalue weighted by molar-refractivity contribution is 7.92. The summed E-state index contributed by atoms with van der Waals surface area (Å²) in [7, 11) is -3.32. The van der Waals surface area contributed by atoms with E-state index in [9.17, 15) is 13.2 Å². The summed E-state index contributed by atoms with van der Waals surface area (Å²) in [5.41, 5.74) is 5.31. The Morgan fingerprint density at radius 3 is 2.34 bits per heavy atom. The Labute approximate surface area is 187 Å². The number of aromatic nitrogens is 2. The predicted molar refractivity (Wildman–Crippen MR) is 126 cm³/mol. The smallest absolute Gasteiger partial charge is 0.228 e. The molecule has 0 saturated carbocycles. The summed E-state index contributed by atoms with van der Waals surface area (Å²) < 4.78 is 26.4. The number of fused-ring (bicyclic) bond motifs is 1. The number of carbonyl (C=O) groups is 1. The van der Waals surface area contributed by atoms with Crippen LogP contribution in [0.15, 0.2) is 78.0 Å². The minimum Gasteiger partial charge on any atom is -0.326 e. The van der Waals surface area contributed by atoms with Gasteiger partial charge in [0.2, 0.25) is 5.91 Å². The molecule has 0 spiro atoms. The van der Waals surface area contributed by atoms with E-state index in [1.165, 1.54) is 0 Å². The molecule has 1 amide bonds. The van der Waals surface area contributed by atoms with Crippen molar-refractivity contribution in [3.8, 4) is 11.3 Å². The van der Waals surface area contributed by atoms with Crippen molar-refractivity contribution in [2.24, 2.45) is 0 Å². The molecule has 2 heterocycles. The first kappa shape index (κ1) is 21.8. The molecule has 4 aromatic rings. The Morgan fingerprint density at radius 1 is 1.03 bits per heavy atom. The summed E-state index contributed by atoms with van der Waals surface area (Å²) in [5, 5.41) is 2.40. The van der Waals surface area contributed by atoms with Gasteiger partial charge >= 0.3 is 0 Å². The second-order valence-electron chi connectivity index (χ2n) is 8.09. The first-order valence-electron chi connectivity index (χ1n) is 10.4. The van der Waals surface area contributed by atoms with Gasteiger partial charge in [-0.2, -0.15) is 0 Å². The maximum atomic E-state index is 12.4. The van der Waals surface area contributed by atoms with Crippen molar-refractivity contribution in [2.75, 3.05) is 5.32 Å². The average molecular weight is 448 g/mol. The number of imidazole rings is 1. The number of pyridine rings is 1. The fourth-order valence-electron chi connectivity index (χ4n) is 3.48. The van der Waals surface area contributed by atoms with Crippen LogP contribution in [0.2, 0.25) is 0 Å². The highest BCUT2D eigenvalue weighted by Crippen LogP contribution is 2.23. The molecule has 7 heteroatoms. The van der Waals surface area contributed by atoms with E-state index in [1.807, 2.05) is 60.1 Å². The minimum atomic E-state index is -3.32. The highest BCUT2D eigenvalue weighted by atomic mass is 32.2. The number of amides is 1. The maximum Gasteiger partial charge on any atom is 0.228 e. The van der Waals surface area contributed by atoms with Crippen LogP contribution in [0.25, 0.3) is 16.9 Å². The van der Waals surface area contributed by atoms with Gasteiger partial charge in [-0.1, -0.05) is 30.3 Å². The number of hydrogen-bond donors (Lipinski definition) is 1. The summed E-state index contributed by atoms with van der Waals surface area (Å²) in [6.07, 6.45) is 4.12. The Morgan fingerprint density at radius 2 is 1.72 bits per heavy atom. The second kappa shape index (κ2) is 8.59. The average Bonchev–Trinajstić information content (AvgIpc) is 3.20. The summed E-state index contributed by atoms with van der Waals surface area (Å²) in [4.78, 5) is 17.4. The molecule has 2 aromatic carbocycles. The number of hydrogen-bond acceptors (Lipinski definition) is 4. The van der Waals surface area contributed by atoms with Crippen LogP contribution < -0.4 is 5.32 Å². The summed E-state index contributed by atoms with van der Waals surface area (Å²) in [6, 6.07) is 18.1. The fraction of sp³-hybridized carbons (Fsp3) is 0.200. The van der Waals surface area contributed by atoms with Crippen LogP contribution in [0, 0.1) is 6.92 Å². The molecule has 0 bridgehead atoms. The van der Waals surface area contributed by atoms with Crippen LogP contribution in [-0.2, 0) is 21.1 Å². The van der Waals surface area contributed by atoms with Gasteiger partial charge in [-0.3, -0.25) is 4.79 Å². The number of anilines is 1. The third-order valence-electron chi connectivity index (χ3n) is 5.38. The number of nitrogens with one attached hydrogen (secondary N) is 1. The van der Waals surface area contributed by atoms with E-state index in [4.69, 9.17) is 4.98 Å². The van der Waals surface area contributed by atoms with Crippen LogP contribution in [0.4, 0.5) is 5.69 Å². The van der Waals surface area contributed by atoms with E-state index in [0.29, 0.717) is 5.69 Å². The zero-order valence-electron chi connectivity index (χ0n) is 18.2. The molecule has 0 saturated heterocycles. The molecule has 0 aliphatic carbocycles. The summed E-state index contributed by atoms with van der Waals surface area (Å²) in [6.45, 7) is 5.33. The van der Waals surface area contributed by atoms with Crippen molar-refractivity contribution in [2.45, 2.75) is 37.3 Å². The van der Waals surface area contributed by atoms with Gasteiger partial charge in [-0.05, 0) is 62.2 Å². The Kier molecular flexibility index (Phi) is 5.84. The number of rotatable bonds is 6. The maximum absolute atomic E-state index is 12.4. The Balaban J connectivity index is 1.42. The molecular weight excluding hydrogens is 422 g/mol. The zero-order valence-corrected chi connectivity index (χ0v) is 19.1. The second-order valence-corrected chi connectivity index (χ2v) is 10.6. The van der Waals surface area contributed by atoms with Crippen molar-refractivity contribution < 1.29 is 13.2 Å². The van der Waals surface area contributed by atoms with Gasteiger partial charge in [0.05, 0.1) is 22.3 Å². The van der Waals surface area contributed by atoms with Crippen LogP contribution in [0.3, 0.4) is 0 Å². The molecule has 0 atom stereocenters. The van der Waals surface area contributed by atoms with Gasteiger partial charge in [0.25, 0.3) is 0 Å². The molecule has 0 unspecified atom stereocenters. The molecular formula is C25H25N3O3S. The first-order valence-corrected chi connectivity index (χ1v) is 12.0. The lowest BCUT2D eigenvalue weighted by atomic mass is 10.1. The van der Waals surface area contributed by atoms with Crippen molar-refractivity contribution in [3.05, 3.63) is 84.2 Å². The minimum absolute atomic E-state index is 0.162. The highest BCUT2D eigenvalue weighted by Gasteiger charge is 2.19. The number of nitrogens with zero attached hydrogens (tertiary/aromatic N) is 2. The third-order valence-corrected chi connectivity index (χ3v) is 7.55. The Hall–Kier alpha value is -3.45. The Bertz CT molecular complexity index is 1370. The fourth-order valence-corrected chi connectivity index (χ4v) is 4.54. The quantitative estimate of drug-likeness (QED) is 0.466. The molecule has 4 rings (SSSR count).